The predicted molar refractivity (Wildman–Crippen MR) is 57.0 cm³/mol. The van der Waals surface area contributed by atoms with E-state index in [9.17, 15) is 0 Å². The molecule has 0 aliphatic rings. The molecule has 14 heavy (non-hydrogen) atoms. The zero-order valence-electron chi connectivity index (χ0n) is 7.71. The van der Waals surface area contributed by atoms with Gasteiger partial charge in [0.05, 0.1) is 18.1 Å². The number of nitrogens with zero attached hydrogens (tertiary/aromatic N) is 2. The van der Waals surface area contributed by atoms with Gasteiger partial charge in [-0.3, -0.25) is 0 Å². The summed E-state index contributed by atoms with van der Waals surface area (Å²) >= 11 is 1.70. The van der Waals surface area contributed by atoms with Crippen LogP contribution in [0.1, 0.15) is 0 Å². The molecule has 2 rings (SSSR count). The van der Waals surface area contributed by atoms with E-state index in [1.165, 1.54) is 11.1 Å². The lowest BCUT2D eigenvalue weighted by Gasteiger charge is -2.01. The third-order valence-corrected chi connectivity index (χ3v) is 2.65. The summed E-state index contributed by atoms with van der Waals surface area (Å²) in [6.45, 7) is 0. The van der Waals surface area contributed by atoms with E-state index in [0.717, 1.165) is 5.69 Å². The van der Waals surface area contributed by atoms with Gasteiger partial charge in [0.1, 0.15) is 0 Å². The lowest BCUT2D eigenvalue weighted by atomic mass is 10.3. The summed E-state index contributed by atoms with van der Waals surface area (Å²) in [4.78, 5) is 1.21. The Morgan fingerprint density at radius 1 is 1.29 bits per heavy atom. The molecule has 72 valence electrons. The number of aromatic nitrogens is 2. The van der Waals surface area contributed by atoms with Gasteiger partial charge in [0.15, 0.2) is 5.75 Å². The molecule has 0 saturated heterocycles. The summed E-state index contributed by atoms with van der Waals surface area (Å²) in [6, 6.07) is 7.99. The third kappa shape index (κ3) is 1.75. The van der Waals surface area contributed by atoms with E-state index in [-0.39, 0.29) is 5.75 Å². The Bertz CT molecular complexity index is 422. The largest absolute Gasteiger partial charge is 0.505 e. The van der Waals surface area contributed by atoms with Crippen molar-refractivity contribution < 1.29 is 5.11 Å². The summed E-state index contributed by atoms with van der Waals surface area (Å²) in [5, 5.41) is 13.1. The predicted octanol–water partition coefficient (Wildman–Crippen LogP) is 2.30. The summed E-state index contributed by atoms with van der Waals surface area (Å²) in [5.41, 5.74) is 0.947. The van der Waals surface area contributed by atoms with E-state index in [1.54, 1.807) is 22.6 Å². The van der Waals surface area contributed by atoms with Crippen LogP contribution in [-0.4, -0.2) is 21.1 Å². The van der Waals surface area contributed by atoms with Crippen LogP contribution < -0.4 is 0 Å². The minimum Gasteiger partial charge on any atom is -0.505 e. The highest BCUT2D eigenvalue weighted by molar-refractivity contribution is 7.98. The Labute approximate surface area is 86.4 Å². The molecule has 0 atom stereocenters. The second kappa shape index (κ2) is 3.75. The molecule has 0 aliphatic carbocycles. The van der Waals surface area contributed by atoms with Gasteiger partial charge in [0.2, 0.25) is 0 Å². The van der Waals surface area contributed by atoms with Crippen molar-refractivity contribution in [2.45, 2.75) is 4.90 Å². The first-order valence-corrected chi connectivity index (χ1v) is 5.40. The highest BCUT2D eigenvalue weighted by atomic mass is 32.2. The van der Waals surface area contributed by atoms with Crippen LogP contribution in [0.25, 0.3) is 5.69 Å². The van der Waals surface area contributed by atoms with E-state index in [1.807, 2.05) is 30.5 Å². The van der Waals surface area contributed by atoms with E-state index in [2.05, 4.69) is 5.10 Å². The fourth-order valence-electron chi connectivity index (χ4n) is 1.19. The first-order chi connectivity index (χ1) is 6.79. The number of rotatable bonds is 2. The Balaban J connectivity index is 2.33. The van der Waals surface area contributed by atoms with Crippen molar-refractivity contribution in [1.29, 1.82) is 0 Å². The molecule has 4 heteroatoms. The molecule has 1 aromatic heterocycles. The fraction of sp³-hybridized carbons (Fsp3) is 0.100. The highest BCUT2D eigenvalue weighted by Crippen LogP contribution is 2.17. The Hall–Kier alpha value is -1.42. The second-order valence-corrected chi connectivity index (χ2v) is 3.72. The molecular weight excluding hydrogens is 196 g/mol. The van der Waals surface area contributed by atoms with Crippen molar-refractivity contribution in [2.24, 2.45) is 0 Å². The molecule has 1 N–H and O–H groups in total. The van der Waals surface area contributed by atoms with Crippen molar-refractivity contribution in [3.05, 3.63) is 36.7 Å². The Morgan fingerprint density at radius 3 is 2.50 bits per heavy atom. The van der Waals surface area contributed by atoms with Crippen LogP contribution in [0.4, 0.5) is 0 Å². The van der Waals surface area contributed by atoms with Crippen LogP contribution in [0.2, 0.25) is 0 Å². The zero-order chi connectivity index (χ0) is 9.97. The topological polar surface area (TPSA) is 38.0 Å². The molecule has 0 unspecified atom stereocenters. The minimum atomic E-state index is 0.180. The number of thioether (sulfide) groups is 1. The molecule has 0 fully saturated rings. The molecule has 1 heterocycles. The normalized spacial score (nSPS) is 10.4. The van der Waals surface area contributed by atoms with E-state index < -0.39 is 0 Å². The molecular formula is C10H10N2OS. The van der Waals surface area contributed by atoms with Gasteiger partial charge in [0, 0.05) is 4.90 Å². The fourth-order valence-corrected chi connectivity index (χ4v) is 1.60. The maximum atomic E-state index is 9.13. The molecule has 3 nitrogen and oxygen atoms in total. The number of aromatic hydroxyl groups is 1. The van der Waals surface area contributed by atoms with Crippen LogP contribution >= 0.6 is 11.8 Å². The van der Waals surface area contributed by atoms with Crippen LogP contribution in [-0.2, 0) is 0 Å². The maximum absolute atomic E-state index is 9.13. The van der Waals surface area contributed by atoms with Gasteiger partial charge in [-0.2, -0.15) is 5.10 Å². The molecule has 0 aliphatic heterocycles. The summed E-state index contributed by atoms with van der Waals surface area (Å²) < 4.78 is 1.64. The van der Waals surface area contributed by atoms with Crippen molar-refractivity contribution >= 4 is 11.8 Å². The van der Waals surface area contributed by atoms with Crippen LogP contribution in [0.5, 0.6) is 5.75 Å². The standard InChI is InChI=1S/C10H10N2OS/c1-14-10-4-2-8(3-5-10)12-7-9(13)6-11-12/h2-7,13H,1H3. The summed E-state index contributed by atoms with van der Waals surface area (Å²) in [6.07, 6.45) is 5.03. The molecule has 0 saturated carbocycles. The average molecular weight is 206 g/mol. The Morgan fingerprint density at radius 2 is 2.00 bits per heavy atom. The SMILES string of the molecule is CSc1ccc(-n2cc(O)cn2)cc1. The van der Waals surface area contributed by atoms with Gasteiger partial charge in [0.25, 0.3) is 0 Å². The number of hydrogen-bond acceptors (Lipinski definition) is 3. The van der Waals surface area contributed by atoms with Gasteiger partial charge >= 0.3 is 0 Å². The maximum Gasteiger partial charge on any atom is 0.153 e. The molecule has 1 aromatic carbocycles. The van der Waals surface area contributed by atoms with Crippen LogP contribution in [0.3, 0.4) is 0 Å². The molecule has 0 amide bonds. The second-order valence-electron chi connectivity index (χ2n) is 2.84. The van der Waals surface area contributed by atoms with Gasteiger partial charge in [-0.15, -0.1) is 11.8 Å². The molecule has 2 aromatic rings. The minimum absolute atomic E-state index is 0.180. The van der Waals surface area contributed by atoms with Gasteiger partial charge in [-0.05, 0) is 30.5 Å². The van der Waals surface area contributed by atoms with Crippen molar-refractivity contribution in [3.8, 4) is 11.4 Å². The first-order valence-electron chi connectivity index (χ1n) is 4.17. The molecule has 0 bridgehead atoms. The quantitative estimate of drug-likeness (QED) is 0.766. The van der Waals surface area contributed by atoms with Gasteiger partial charge in [-0.1, -0.05) is 0 Å². The van der Waals surface area contributed by atoms with E-state index >= 15 is 0 Å². The summed E-state index contributed by atoms with van der Waals surface area (Å²) in [7, 11) is 0. The Kier molecular flexibility index (Phi) is 2.45. The first kappa shape index (κ1) is 9.15. The number of hydrogen-bond donors (Lipinski definition) is 1. The lowest BCUT2D eigenvalue weighted by Crippen LogP contribution is -1.92. The third-order valence-electron chi connectivity index (χ3n) is 1.91. The van der Waals surface area contributed by atoms with Crippen molar-refractivity contribution in [3.63, 3.8) is 0 Å². The zero-order valence-corrected chi connectivity index (χ0v) is 8.53. The van der Waals surface area contributed by atoms with Crippen molar-refractivity contribution in [2.75, 3.05) is 6.26 Å². The lowest BCUT2D eigenvalue weighted by molar-refractivity contribution is 0.475. The van der Waals surface area contributed by atoms with E-state index in [4.69, 9.17) is 5.11 Å². The molecule has 0 radical (unpaired) electrons. The van der Waals surface area contributed by atoms with Gasteiger partial charge < -0.3 is 5.11 Å². The highest BCUT2D eigenvalue weighted by Gasteiger charge is 1.98. The van der Waals surface area contributed by atoms with E-state index in [0.29, 0.717) is 0 Å². The van der Waals surface area contributed by atoms with Crippen LogP contribution in [0, 0.1) is 0 Å². The summed E-state index contributed by atoms with van der Waals surface area (Å²) in [5.74, 6) is 0.180. The van der Waals surface area contributed by atoms with Crippen LogP contribution in [0.15, 0.2) is 41.6 Å². The van der Waals surface area contributed by atoms with Gasteiger partial charge in [-0.25, -0.2) is 4.68 Å². The molecule has 0 spiro atoms. The monoisotopic (exact) mass is 206 g/mol. The average Bonchev–Trinajstić information content (AvgIpc) is 2.65. The van der Waals surface area contributed by atoms with Crippen molar-refractivity contribution in [1.82, 2.24) is 9.78 Å². The smallest absolute Gasteiger partial charge is 0.153 e. The number of benzene rings is 1.